The summed E-state index contributed by atoms with van der Waals surface area (Å²) in [7, 11) is 0. The second kappa shape index (κ2) is 11.0. The molecule has 1 aliphatic rings. The summed E-state index contributed by atoms with van der Waals surface area (Å²) in [5, 5.41) is 12.2. The van der Waals surface area contributed by atoms with E-state index in [0.717, 1.165) is 43.6 Å². The zero-order valence-electron chi connectivity index (χ0n) is 16.0. The van der Waals surface area contributed by atoms with E-state index >= 15 is 0 Å². The molecule has 0 spiro atoms. The lowest BCUT2D eigenvalue weighted by Gasteiger charge is -2.31. The van der Waals surface area contributed by atoms with Gasteiger partial charge in [-0.2, -0.15) is 0 Å². The van der Waals surface area contributed by atoms with Crippen molar-refractivity contribution in [3.63, 3.8) is 0 Å². The van der Waals surface area contributed by atoms with Gasteiger partial charge >= 0.3 is 0 Å². The molecule has 6 nitrogen and oxygen atoms in total. The highest BCUT2D eigenvalue weighted by Crippen LogP contribution is 2.14. The Morgan fingerprint density at radius 3 is 2.85 bits per heavy atom. The van der Waals surface area contributed by atoms with Crippen LogP contribution in [0.1, 0.15) is 50.8 Å². The average molecular weight is 361 g/mol. The Hall–Kier alpha value is -1.79. The predicted octanol–water partition coefficient (Wildman–Crippen LogP) is 2.01. The molecule has 26 heavy (non-hydrogen) atoms. The van der Waals surface area contributed by atoms with Gasteiger partial charge in [0.25, 0.3) is 0 Å². The van der Waals surface area contributed by atoms with Crippen molar-refractivity contribution in [1.29, 1.82) is 0 Å². The van der Waals surface area contributed by atoms with Gasteiger partial charge in [0.15, 0.2) is 0 Å². The molecule has 144 valence electrons. The van der Waals surface area contributed by atoms with Gasteiger partial charge in [0.1, 0.15) is 0 Å². The molecule has 1 fully saturated rings. The maximum Gasteiger partial charge on any atom is 0.239 e. The first-order valence-corrected chi connectivity index (χ1v) is 9.68. The number of aliphatic imine (C=N–C) groups is 1. The van der Waals surface area contributed by atoms with Gasteiger partial charge in [-0.05, 0) is 49.3 Å². The molecule has 0 aromatic carbocycles. The Kier molecular flexibility index (Phi) is 8.71. The van der Waals surface area contributed by atoms with E-state index < -0.39 is 0 Å². The van der Waals surface area contributed by atoms with Crippen molar-refractivity contribution in [2.24, 2.45) is 10.9 Å². The maximum atomic E-state index is 12.9. The molecule has 0 bridgehead atoms. The van der Waals surface area contributed by atoms with Crippen LogP contribution in [-0.4, -0.2) is 59.4 Å². The largest absolute Gasteiger partial charge is 0.394 e. The number of nitrogens with one attached hydrogen (secondary N) is 1. The molecule has 2 rings (SSSR count). The average Bonchev–Trinajstić information content (AvgIpc) is 2.65. The van der Waals surface area contributed by atoms with Crippen LogP contribution in [-0.2, 0) is 11.3 Å². The molecular weight excluding hydrogens is 328 g/mol. The minimum atomic E-state index is -0.165. The molecule has 0 radical (unpaired) electrons. The third-order valence-corrected chi connectivity index (χ3v) is 4.51. The number of carbonyl (C=O) groups is 1. The molecule has 2 N–H and O–H groups in total. The topological polar surface area (TPSA) is 77.8 Å². The van der Waals surface area contributed by atoms with Crippen LogP contribution in [0.25, 0.3) is 0 Å². The lowest BCUT2D eigenvalue weighted by molar-refractivity contribution is -0.134. The standard InChI is InChI=1S/C20H32N4O2/c1-16(2)12-19(20(26)24-9-4-3-5-10-24)23-15-18-13-17(6-7-22-18)14-21-8-11-25/h6-7,13-14,16,19,23,25H,3-5,8-12,15H2,1-2H3/t19-/m0/s1. The number of nitrogens with zero attached hydrogens (tertiary/aromatic N) is 3. The van der Waals surface area contributed by atoms with Gasteiger partial charge in [-0.3, -0.25) is 14.8 Å². The minimum Gasteiger partial charge on any atom is -0.394 e. The number of aliphatic hydroxyl groups excluding tert-OH is 1. The van der Waals surface area contributed by atoms with Gasteiger partial charge < -0.3 is 15.3 Å². The number of likely N-dealkylation sites (tertiary alicyclic amines) is 1. The van der Waals surface area contributed by atoms with E-state index in [4.69, 9.17) is 5.11 Å². The molecule has 0 aliphatic carbocycles. The van der Waals surface area contributed by atoms with Crippen molar-refractivity contribution in [2.75, 3.05) is 26.2 Å². The summed E-state index contributed by atoms with van der Waals surface area (Å²) in [6.45, 7) is 7.05. The van der Waals surface area contributed by atoms with Crippen LogP contribution in [0.2, 0.25) is 0 Å². The number of hydrogen-bond donors (Lipinski definition) is 2. The fourth-order valence-corrected chi connectivity index (χ4v) is 3.21. The van der Waals surface area contributed by atoms with Crippen LogP contribution in [0.3, 0.4) is 0 Å². The van der Waals surface area contributed by atoms with Gasteiger partial charge in [0, 0.05) is 32.0 Å². The molecule has 1 aliphatic heterocycles. The van der Waals surface area contributed by atoms with E-state index in [-0.39, 0.29) is 18.6 Å². The Morgan fingerprint density at radius 2 is 2.15 bits per heavy atom. The van der Waals surface area contributed by atoms with Crippen molar-refractivity contribution >= 4 is 12.1 Å². The smallest absolute Gasteiger partial charge is 0.239 e. The van der Waals surface area contributed by atoms with Gasteiger partial charge in [0.05, 0.1) is 24.9 Å². The van der Waals surface area contributed by atoms with Crippen LogP contribution in [0.5, 0.6) is 0 Å². The number of pyridine rings is 1. The Morgan fingerprint density at radius 1 is 1.38 bits per heavy atom. The Balaban J connectivity index is 1.97. The van der Waals surface area contributed by atoms with E-state index in [9.17, 15) is 4.79 Å². The Labute approximate surface area is 156 Å². The van der Waals surface area contributed by atoms with E-state index in [2.05, 4.69) is 29.1 Å². The zero-order valence-corrected chi connectivity index (χ0v) is 16.0. The molecule has 2 heterocycles. The van der Waals surface area contributed by atoms with E-state index in [1.165, 1.54) is 6.42 Å². The first-order chi connectivity index (χ1) is 12.6. The second-order valence-electron chi connectivity index (χ2n) is 7.29. The normalized spacial score (nSPS) is 16.4. The minimum absolute atomic E-state index is 0.0471. The maximum absolute atomic E-state index is 12.9. The second-order valence-corrected chi connectivity index (χ2v) is 7.29. The molecule has 1 aromatic heterocycles. The lowest BCUT2D eigenvalue weighted by Crippen LogP contribution is -2.48. The third kappa shape index (κ3) is 6.84. The van der Waals surface area contributed by atoms with Crippen LogP contribution >= 0.6 is 0 Å². The molecule has 1 amide bonds. The fraction of sp³-hybridized carbons (Fsp3) is 0.650. The molecule has 6 heteroatoms. The highest BCUT2D eigenvalue weighted by molar-refractivity contribution is 5.82. The molecule has 1 aromatic rings. The highest BCUT2D eigenvalue weighted by atomic mass is 16.3. The summed E-state index contributed by atoms with van der Waals surface area (Å²) in [5.74, 6) is 0.671. The third-order valence-electron chi connectivity index (χ3n) is 4.51. The van der Waals surface area contributed by atoms with Crippen LogP contribution in [0, 0.1) is 5.92 Å². The summed E-state index contributed by atoms with van der Waals surface area (Å²) in [6.07, 6.45) is 7.76. The zero-order chi connectivity index (χ0) is 18.8. The SMILES string of the molecule is CC(C)C[C@H](NCc1cc(C=NCCO)ccn1)C(=O)N1CCCCC1. The monoisotopic (exact) mass is 360 g/mol. The van der Waals surface area contributed by atoms with Gasteiger partial charge in [0.2, 0.25) is 5.91 Å². The van der Waals surface area contributed by atoms with Crippen molar-refractivity contribution in [3.8, 4) is 0 Å². The first-order valence-electron chi connectivity index (χ1n) is 9.68. The molecule has 0 saturated carbocycles. The number of hydrogen-bond acceptors (Lipinski definition) is 5. The number of rotatable bonds is 9. The number of piperidine rings is 1. The number of carbonyl (C=O) groups excluding carboxylic acids is 1. The fourth-order valence-electron chi connectivity index (χ4n) is 3.21. The van der Waals surface area contributed by atoms with E-state index in [1.807, 2.05) is 17.0 Å². The lowest BCUT2D eigenvalue weighted by atomic mass is 10.0. The summed E-state index contributed by atoms with van der Waals surface area (Å²) in [6, 6.07) is 3.68. The summed E-state index contributed by atoms with van der Waals surface area (Å²) in [5.41, 5.74) is 1.84. The van der Waals surface area contributed by atoms with Crippen LogP contribution in [0.4, 0.5) is 0 Å². The number of aliphatic hydroxyl groups is 1. The molecule has 0 unspecified atom stereocenters. The Bertz CT molecular complexity index is 583. The van der Waals surface area contributed by atoms with Crippen LogP contribution in [0.15, 0.2) is 23.3 Å². The first kappa shape index (κ1) is 20.5. The molecule has 1 atom stereocenters. The highest BCUT2D eigenvalue weighted by Gasteiger charge is 2.25. The van der Waals surface area contributed by atoms with Gasteiger partial charge in [-0.1, -0.05) is 13.8 Å². The quantitative estimate of drug-likeness (QED) is 0.661. The van der Waals surface area contributed by atoms with Crippen molar-refractivity contribution in [1.82, 2.24) is 15.2 Å². The van der Waals surface area contributed by atoms with E-state index in [1.54, 1.807) is 12.4 Å². The van der Waals surface area contributed by atoms with Crippen LogP contribution < -0.4 is 5.32 Å². The summed E-state index contributed by atoms with van der Waals surface area (Å²) >= 11 is 0. The number of aromatic nitrogens is 1. The molecule has 1 saturated heterocycles. The van der Waals surface area contributed by atoms with Crippen molar-refractivity contribution < 1.29 is 9.90 Å². The van der Waals surface area contributed by atoms with Crippen molar-refractivity contribution in [3.05, 3.63) is 29.6 Å². The summed E-state index contributed by atoms with van der Waals surface area (Å²) in [4.78, 5) is 23.4. The predicted molar refractivity (Wildman–Crippen MR) is 104 cm³/mol. The summed E-state index contributed by atoms with van der Waals surface area (Å²) < 4.78 is 0. The van der Waals surface area contributed by atoms with Gasteiger partial charge in [-0.25, -0.2) is 0 Å². The van der Waals surface area contributed by atoms with Crippen molar-refractivity contribution in [2.45, 2.75) is 52.1 Å². The number of amides is 1. The van der Waals surface area contributed by atoms with E-state index in [0.29, 0.717) is 19.0 Å². The molecular formula is C20H32N4O2. The van der Waals surface area contributed by atoms with Gasteiger partial charge in [-0.15, -0.1) is 0 Å².